The third-order valence-electron chi connectivity index (χ3n) is 5.01. The van der Waals surface area contributed by atoms with Crippen LogP contribution in [0.2, 0.25) is 5.02 Å². The number of anilines is 1. The Kier molecular flexibility index (Phi) is 5.42. The number of fused-ring (bicyclic) bond motifs is 1. The van der Waals surface area contributed by atoms with Gasteiger partial charge in [0.1, 0.15) is 5.82 Å². The number of nitrogens with zero attached hydrogens (tertiary/aromatic N) is 1. The zero-order valence-electron chi connectivity index (χ0n) is 15.3. The summed E-state index contributed by atoms with van der Waals surface area (Å²) in [6.07, 6.45) is 1.07. The lowest BCUT2D eigenvalue weighted by Crippen LogP contribution is -2.29. The summed E-state index contributed by atoms with van der Waals surface area (Å²) in [6, 6.07) is 20.3. The van der Waals surface area contributed by atoms with Crippen LogP contribution in [0.5, 0.6) is 0 Å². The number of nitrogens with one attached hydrogen (secondary N) is 1. The Hall–Kier alpha value is -2.69. The van der Waals surface area contributed by atoms with Crippen LogP contribution in [0.1, 0.15) is 27.0 Å². The molecule has 0 radical (unpaired) electrons. The molecule has 0 spiro atoms. The van der Waals surface area contributed by atoms with Gasteiger partial charge in [-0.25, -0.2) is 4.39 Å². The van der Waals surface area contributed by atoms with E-state index >= 15 is 0 Å². The molecule has 4 rings (SSSR count). The Morgan fingerprint density at radius 2 is 1.79 bits per heavy atom. The van der Waals surface area contributed by atoms with Crippen molar-refractivity contribution in [2.75, 3.05) is 11.9 Å². The monoisotopic (exact) mass is 394 g/mol. The van der Waals surface area contributed by atoms with E-state index in [1.54, 1.807) is 0 Å². The molecule has 0 fully saturated rings. The van der Waals surface area contributed by atoms with Crippen LogP contribution >= 0.6 is 11.6 Å². The first-order valence-electron chi connectivity index (χ1n) is 9.23. The highest BCUT2D eigenvalue weighted by atomic mass is 35.5. The van der Waals surface area contributed by atoms with E-state index in [9.17, 15) is 9.18 Å². The van der Waals surface area contributed by atoms with Crippen LogP contribution < -0.4 is 5.32 Å². The lowest BCUT2D eigenvalue weighted by molar-refractivity contribution is 0.102. The summed E-state index contributed by atoms with van der Waals surface area (Å²) >= 11 is 5.76. The standard InChI is InChI=1S/C23H20ClFN2O/c24-21-13-20(9-10-22(21)25)26-23(28)18-7-5-16(6-8-18)14-27-12-11-17-3-1-2-4-19(17)15-27/h1-10,13H,11-12,14-15H2,(H,26,28). The first kappa shape index (κ1) is 18.7. The van der Waals surface area contributed by atoms with Crippen molar-refractivity contribution in [3.8, 4) is 0 Å². The Balaban J connectivity index is 1.38. The molecule has 0 aromatic heterocycles. The third kappa shape index (κ3) is 4.24. The zero-order chi connectivity index (χ0) is 19.5. The summed E-state index contributed by atoms with van der Waals surface area (Å²) in [5.74, 6) is -0.759. The van der Waals surface area contributed by atoms with Gasteiger partial charge in [-0.05, 0) is 53.4 Å². The average molecular weight is 395 g/mol. The average Bonchev–Trinajstić information content (AvgIpc) is 2.71. The maximum absolute atomic E-state index is 13.2. The van der Waals surface area contributed by atoms with Crippen molar-refractivity contribution in [2.24, 2.45) is 0 Å². The molecule has 0 unspecified atom stereocenters. The number of carbonyl (C=O) groups is 1. The molecule has 5 heteroatoms. The first-order chi connectivity index (χ1) is 13.6. The second-order valence-corrected chi connectivity index (χ2v) is 7.42. The molecule has 142 valence electrons. The predicted molar refractivity (Wildman–Crippen MR) is 110 cm³/mol. The first-order valence-corrected chi connectivity index (χ1v) is 9.61. The number of benzene rings is 3. The molecule has 0 saturated carbocycles. The zero-order valence-corrected chi connectivity index (χ0v) is 16.0. The van der Waals surface area contributed by atoms with Crippen molar-refractivity contribution in [3.63, 3.8) is 0 Å². The molecule has 3 nitrogen and oxygen atoms in total. The van der Waals surface area contributed by atoms with Crippen LogP contribution in [0, 0.1) is 5.82 Å². The highest BCUT2D eigenvalue weighted by molar-refractivity contribution is 6.31. The second-order valence-electron chi connectivity index (χ2n) is 7.01. The molecule has 1 aliphatic rings. The molecule has 1 N–H and O–H groups in total. The Bertz CT molecular complexity index is 1000. The van der Waals surface area contributed by atoms with Crippen LogP contribution in [0.4, 0.5) is 10.1 Å². The fourth-order valence-corrected chi connectivity index (χ4v) is 3.67. The molecule has 0 saturated heterocycles. The smallest absolute Gasteiger partial charge is 0.255 e. The molecule has 0 bridgehead atoms. The molecule has 1 heterocycles. The van der Waals surface area contributed by atoms with Crippen molar-refractivity contribution in [1.82, 2.24) is 4.90 Å². The molecular formula is C23H20ClFN2O. The number of rotatable bonds is 4. The summed E-state index contributed by atoms with van der Waals surface area (Å²) in [6.45, 7) is 2.83. The van der Waals surface area contributed by atoms with Crippen LogP contribution in [-0.2, 0) is 19.5 Å². The van der Waals surface area contributed by atoms with Crippen LogP contribution in [0.15, 0.2) is 66.7 Å². The molecule has 28 heavy (non-hydrogen) atoms. The van der Waals surface area contributed by atoms with E-state index in [0.29, 0.717) is 11.3 Å². The van der Waals surface area contributed by atoms with Gasteiger partial charge in [0.2, 0.25) is 0 Å². The SMILES string of the molecule is O=C(Nc1ccc(F)c(Cl)c1)c1ccc(CN2CCc3ccccc3C2)cc1. The molecule has 3 aromatic rings. The van der Waals surface area contributed by atoms with Gasteiger partial charge in [0.25, 0.3) is 5.91 Å². The Morgan fingerprint density at radius 3 is 2.54 bits per heavy atom. The molecule has 0 atom stereocenters. The Labute approximate surface area is 168 Å². The van der Waals surface area contributed by atoms with Crippen molar-refractivity contribution >= 4 is 23.2 Å². The summed E-state index contributed by atoms with van der Waals surface area (Å²) in [5.41, 5.74) is 5.01. The summed E-state index contributed by atoms with van der Waals surface area (Å²) in [7, 11) is 0. The Morgan fingerprint density at radius 1 is 1.04 bits per heavy atom. The topological polar surface area (TPSA) is 32.3 Å². The number of hydrogen-bond donors (Lipinski definition) is 1. The van der Waals surface area contributed by atoms with Crippen molar-refractivity contribution in [2.45, 2.75) is 19.5 Å². The minimum absolute atomic E-state index is 0.0174. The van der Waals surface area contributed by atoms with Crippen LogP contribution in [0.3, 0.4) is 0 Å². The van der Waals surface area contributed by atoms with Crippen molar-refractivity contribution in [3.05, 3.63) is 99.8 Å². The van der Waals surface area contributed by atoms with Crippen molar-refractivity contribution in [1.29, 1.82) is 0 Å². The van der Waals surface area contributed by atoms with Gasteiger partial charge in [0, 0.05) is 30.9 Å². The molecular weight excluding hydrogens is 375 g/mol. The van der Waals surface area contributed by atoms with E-state index < -0.39 is 5.82 Å². The summed E-state index contributed by atoms with van der Waals surface area (Å²) in [5, 5.41) is 2.72. The predicted octanol–water partition coefficient (Wildman–Crippen LogP) is 5.29. The largest absolute Gasteiger partial charge is 0.322 e. The number of hydrogen-bond acceptors (Lipinski definition) is 2. The number of carbonyl (C=O) groups excluding carboxylic acids is 1. The van der Waals surface area contributed by atoms with Crippen LogP contribution in [0.25, 0.3) is 0 Å². The highest BCUT2D eigenvalue weighted by Crippen LogP contribution is 2.22. The maximum Gasteiger partial charge on any atom is 0.255 e. The molecule has 1 aliphatic heterocycles. The van der Waals surface area contributed by atoms with E-state index in [2.05, 4.69) is 34.5 Å². The number of halogens is 2. The van der Waals surface area contributed by atoms with Gasteiger partial charge in [-0.3, -0.25) is 9.69 Å². The molecule has 0 aliphatic carbocycles. The minimum Gasteiger partial charge on any atom is -0.322 e. The van der Waals surface area contributed by atoms with E-state index in [1.165, 1.54) is 34.9 Å². The van der Waals surface area contributed by atoms with Gasteiger partial charge >= 0.3 is 0 Å². The summed E-state index contributed by atoms with van der Waals surface area (Å²) in [4.78, 5) is 14.8. The molecule has 1 amide bonds. The molecule has 3 aromatic carbocycles. The maximum atomic E-state index is 13.2. The van der Waals surface area contributed by atoms with Gasteiger partial charge in [-0.2, -0.15) is 0 Å². The fourth-order valence-electron chi connectivity index (χ4n) is 3.49. The van der Waals surface area contributed by atoms with E-state index in [0.717, 1.165) is 26.1 Å². The van der Waals surface area contributed by atoms with Gasteiger partial charge < -0.3 is 5.32 Å². The fraction of sp³-hybridized carbons (Fsp3) is 0.174. The van der Waals surface area contributed by atoms with Crippen LogP contribution in [-0.4, -0.2) is 17.4 Å². The normalized spacial score (nSPS) is 13.8. The van der Waals surface area contributed by atoms with E-state index in [4.69, 9.17) is 11.6 Å². The lowest BCUT2D eigenvalue weighted by atomic mass is 9.99. The van der Waals surface area contributed by atoms with Gasteiger partial charge in [0.05, 0.1) is 5.02 Å². The number of amides is 1. The van der Waals surface area contributed by atoms with Gasteiger partial charge in [0.15, 0.2) is 0 Å². The summed E-state index contributed by atoms with van der Waals surface area (Å²) < 4.78 is 13.2. The third-order valence-corrected chi connectivity index (χ3v) is 5.30. The minimum atomic E-state index is -0.510. The van der Waals surface area contributed by atoms with Gasteiger partial charge in [-0.1, -0.05) is 48.0 Å². The second kappa shape index (κ2) is 8.13. The quantitative estimate of drug-likeness (QED) is 0.652. The van der Waals surface area contributed by atoms with Crippen molar-refractivity contribution < 1.29 is 9.18 Å². The van der Waals surface area contributed by atoms with Gasteiger partial charge in [-0.15, -0.1) is 0 Å². The lowest BCUT2D eigenvalue weighted by Gasteiger charge is -2.28. The van der Waals surface area contributed by atoms with E-state index in [-0.39, 0.29) is 10.9 Å². The van der Waals surface area contributed by atoms with E-state index in [1.807, 2.05) is 24.3 Å². The highest BCUT2D eigenvalue weighted by Gasteiger charge is 2.16.